The minimum absolute atomic E-state index is 0.287. The van der Waals surface area contributed by atoms with E-state index in [-0.39, 0.29) is 5.91 Å². The van der Waals surface area contributed by atoms with Gasteiger partial charge in [-0.3, -0.25) is 10.1 Å². The van der Waals surface area contributed by atoms with Gasteiger partial charge in [-0.25, -0.2) is 9.78 Å². The van der Waals surface area contributed by atoms with Gasteiger partial charge in [0.1, 0.15) is 11.3 Å². The summed E-state index contributed by atoms with van der Waals surface area (Å²) in [6.45, 7) is 11.9. The van der Waals surface area contributed by atoms with E-state index < -0.39 is 11.7 Å². The molecule has 1 aromatic carbocycles. The van der Waals surface area contributed by atoms with Crippen LogP contribution in [-0.2, 0) is 4.74 Å². The first-order chi connectivity index (χ1) is 16.5. The molecule has 2 amide bonds. The zero-order valence-corrected chi connectivity index (χ0v) is 23.8. The number of ether oxygens (including phenoxy) is 1. The Balaban J connectivity index is 1.83. The van der Waals surface area contributed by atoms with Gasteiger partial charge in [0.15, 0.2) is 3.92 Å². The second kappa shape index (κ2) is 11.7. The minimum atomic E-state index is -0.601. The maximum atomic E-state index is 12.9. The summed E-state index contributed by atoms with van der Waals surface area (Å²) in [5, 5.41) is 7.51. The molecular formula is C26H37BrN4O3S. The number of halogens is 1. The Bertz CT molecular complexity index is 1030. The molecule has 0 unspecified atom stereocenters. The van der Waals surface area contributed by atoms with E-state index in [0.717, 1.165) is 31.6 Å². The molecule has 9 heteroatoms. The quantitative estimate of drug-likeness (QED) is 0.343. The van der Waals surface area contributed by atoms with Crippen LogP contribution >= 0.6 is 27.3 Å². The molecule has 7 nitrogen and oxygen atoms in total. The number of hydrogen-bond acceptors (Lipinski definition) is 6. The van der Waals surface area contributed by atoms with Gasteiger partial charge in [0.25, 0.3) is 5.91 Å². The Labute approximate surface area is 221 Å². The zero-order chi connectivity index (χ0) is 25.6. The number of benzene rings is 1. The average Bonchev–Trinajstić information content (AvgIpc) is 3.23. The summed E-state index contributed by atoms with van der Waals surface area (Å²) in [7, 11) is 0. The van der Waals surface area contributed by atoms with Crippen molar-refractivity contribution in [3.05, 3.63) is 33.2 Å². The molecule has 0 saturated carbocycles. The number of amides is 2. The van der Waals surface area contributed by atoms with Crippen molar-refractivity contribution in [3.8, 4) is 0 Å². The topological polar surface area (TPSA) is 83.6 Å². The fourth-order valence-electron chi connectivity index (χ4n) is 4.51. The molecule has 2 N–H and O–H groups in total. The molecule has 1 aliphatic rings. The van der Waals surface area contributed by atoms with E-state index in [1.165, 1.54) is 37.0 Å². The summed E-state index contributed by atoms with van der Waals surface area (Å²) in [6.07, 6.45) is 6.69. The van der Waals surface area contributed by atoms with Crippen LogP contribution in [0.5, 0.6) is 0 Å². The van der Waals surface area contributed by atoms with Crippen molar-refractivity contribution < 1.29 is 14.3 Å². The number of carbonyl (C=O) groups excluding carboxylic acids is 2. The first kappa shape index (κ1) is 27.5. The summed E-state index contributed by atoms with van der Waals surface area (Å²) < 4.78 is 6.04. The molecule has 1 fully saturated rings. The highest BCUT2D eigenvalue weighted by molar-refractivity contribution is 9.11. The maximum absolute atomic E-state index is 12.9. The molecule has 3 rings (SSSR count). The third-order valence-corrected chi connectivity index (χ3v) is 7.94. The summed E-state index contributed by atoms with van der Waals surface area (Å²) >= 11 is 4.68. The van der Waals surface area contributed by atoms with Crippen LogP contribution in [0, 0.1) is 5.41 Å². The normalized spacial score (nSPS) is 15.5. The minimum Gasteiger partial charge on any atom is -0.444 e. The van der Waals surface area contributed by atoms with Crippen molar-refractivity contribution in [2.45, 2.75) is 78.7 Å². The van der Waals surface area contributed by atoms with E-state index in [4.69, 9.17) is 4.74 Å². The monoisotopic (exact) mass is 564 g/mol. The van der Waals surface area contributed by atoms with Crippen LogP contribution in [0.1, 0.15) is 83.6 Å². The lowest BCUT2D eigenvalue weighted by molar-refractivity contribution is 0.0636. The van der Waals surface area contributed by atoms with E-state index >= 15 is 0 Å². The van der Waals surface area contributed by atoms with Crippen molar-refractivity contribution in [2.24, 2.45) is 5.41 Å². The molecule has 35 heavy (non-hydrogen) atoms. The summed E-state index contributed by atoms with van der Waals surface area (Å²) in [5.74, 6) is -0.287. The van der Waals surface area contributed by atoms with Gasteiger partial charge < -0.3 is 15.0 Å². The molecule has 2 aromatic rings. The highest BCUT2D eigenvalue weighted by atomic mass is 79.9. The third-order valence-electron chi connectivity index (χ3n) is 6.57. The first-order valence-corrected chi connectivity index (χ1v) is 14.0. The van der Waals surface area contributed by atoms with Gasteiger partial charge in [-0.15, -0.1) is 11.3 Å². The smallest absolute Gasteiger partial charge is 0.412 e. The molecule has 192 valence electrons. The predicted octanol–water partition coefficient (Wildman–Crippen LogP) is 7.69. The number of aromatic nitrogens is 1. The van der Waals surface area contributed by atoms with Gasteiger partial charge in [-0.2, -0.15) is 0 Å². The Morgan fingerprint density at radius 3 is 2.49 bits per heavy atom. The number of nitrogens with zero attached hydrogens (tertiary/aromatic N) is 2. The fourth-order valence-corrected chi connectivity index (χ4v) is 5.50. The fraction of sp³-hybridized carbons (Fsp3) is 0.577. The first-order valence-electron chi connectivity index (χ1n) is 12.4. The summed E-state index contributed by atoms with van der Waals surface area (Å²) in [5.41, 5.74) is 2.30. The van der Waals surface area contributed by atoms with Crippen LogP contribution in [-0.4, -0.2) is 35.7 Å². The number of hydrogen-bond donors (Lipinski definition) is 2. The van der Waals surface area contributed by atoms with Crippen molar-refractivity contribution in [1.29, 1.82) is 0 Å². The molecule has 0 bridgehead atoms. The van der Waals surface area contributed by atoms with Crippen molar-refractivity contribution in [2.75, 3.05) is 28.6 Å². The van der Waals surface area contributed by atoms with Crippen molar-refractivity contribution in [3.63, 3.8) is 0 Å². The number of thiazole rings is 1. The highest BCUT2D eigenvalue weighted by Gasteiger charge is 2.33. The molecule has 2 heterocycles. The molecule has 1 aliphatic heterocycles. The van der Waals surface area contributed by atoms with Crippen LogP contribution in [0.3, 0.4) is 0 Å². The number of rotatable bonds is 8. The van der Waals surface area contributed by atoms with E-state index in [1.807, 2.05) is 32.9 Å². The Kier molecular flexibility index (Phi) is 9.21. The zero-order valence-electron chi connectivity index (χ0n) is 21.4. The van der Waals surface area contributed by atoms with Crippen LogP contribution < -0.4 is 15.5 Å². The molecular weight excluding hydrogens is 528 g/mol. The van der Waals surface area contributed by atoms with Crippen molar-refractivity contribution >= 4 is 56.3 Å². The number of nitrogens with one attached hydrogen (secondary N) is 2. The van der Waals surface area contributed by atoms with Crippen LogP contribution in [0.25, 0.3) is 0 Å². The molecule has 0 radical (unpaired) electrons. The lowest BCUT2D eigenvalue weighted by Gasteiger charge is -2.43. The largest absolute Gasteiger partial charge is 0.444 e. The third kappa shape index (κ3) is 7.67. The predicted molar refractivity (Wildman–Crippen MR) is 148 cm³/mol. The molecule has 1 saturated heterocycles. The second-order valence-corrected chi connectivity index (χ2v) is 12.4. The van der Waals surface area contributed by atoms with E-state index in [0.29, 0.717) is 26.4 Å². The number of unbranched alkanes of at least 4 members (excludes halogenated alkanes) is 1. The van der Waals surface area contributed by atoms with Gasteiger partial charge >= 0.3 is 6.09 Å². The molecule has 0 spiro atoms. The van der Waals surface area contributed by atoms with Gasteiger partial charge in [0.05, 0.1) is 11.4 Å². The van der Waals surface area contributed by atoms with Gasteiger partial charge in [-0.05, 0) is 79.6 Å². The molecule has 0 atom stereocenters. The summed E-state index contributed by atoms with van der Waals surface area (Å²) in [6, 6.07) is 5.61. The van der Waals surface area contributed by atoms with Gasteiger partial charge in [0.2, 0.25) is 0 Å². The van der Waals surface area contributed by atoms with Gasteiger partial charge in [-0.1, -0.05) is 33.1 Å². The Hall–Kier alpha value is -2.13. The van der Waals surface area contributed by atoms with E-state index in [9.17, 15) is 9.59 Å². The number of carbonyl (C=O) groups is 2. The van der Waals surface area contributed by atoms with E-state index in [1.54, 1.807) is 11.4 Å². The average molecular weight is 566 g/mol. The van der Waals surface area contributed by atoms with Gasteiger partial charge in [0, 0.05) is 24.2 Å². The molecule has 1 aromatic heterocycles. The lowest BCUT2D eigenvalue weighted by atomic mass is 9.72. The molecule has 0 aliphatic carbocycles. The number of anilines is 3. The van der Waals surface area contributed by atoms with Crippen LogP contribution in [0.4, 0.5) is 21.9 Å². The second-order valence-electron chi connectivity index (χ2n) is 10.2. The lowest BCUT2D eigenvalue weighted by Crippen LogP contribution is -2.40. The SMILES string of the molecule is CCCCC1(CC)CCN(c2ccc(NC(=O)OC(C)(C)C)cc2NC(=O)c2csc(Br)n2)CC1. The van der Waals surface area contributed by atoms with Crippen LogP contribution in [0.2, 0.25) is 0 Å². The highest BCUT2D eigenvalue weighted by Crippen LogP contribution is 2.42. The standard InChI is InChI=1S/C26H37BrN4O3S/c1-6-8-11-26(7-2)12-14-31(15-13-26)21-10-9-18(28-24(33)34-25(3,4)5)16-19(21)29-22(32)20-17-35-23(27)30-20/h9-10,16-17H,6-8,11-15H2,1-5H3,(H,28,33)(H,29,32). The van der Waals surface area contributed by atoms with Crippen molar-refractivity contribution in [1.82, 2.24) is 4.98 Å². The van der Waals surface area contributed by atoms with Crippen LogP contribution in [0.15, 0.2) is 27.5 Å². The summed E-state index contributed by atoms with van der Waals surface area (Å²) in [4.78, 5) is 31.8. The number of piperidine rings is 1. The Morgan fingerprint density at radius 1 is 1.20 bits per heavy atom. The Morgan fingerprint density at radius 2 is 1.91 bits per heavy atom. The maximum Gasteiger partial charge on any atom is 0.412 e. The van der Waals surface area contributed by atoms with E-state index in [2.05, 4.69) is 50.3 Å².